The number of aliphatic hydroxyl groups excluding tert-OH is 2. The summed E-state index contributed by atoms with van der Waals surface area (Å²) in [4.78, 5) is 24.2. The molecule has 2 aromatic rings. The molecule has 23 heavy (non-hydrogen) atoms. The highest BCUT2D eigenvalue weighted by Crippen LogP contribution is 2.46. The van der Waals surface area contributed by atoms with Gasteiger partial charge in [-0.15, -0.1) is 0 Å². The normalized spacial score (nSPS) is 25.4. The van der Waals surface area contributed by atoms with Crippen LogP contribution in [0.3, 0.4) is 0 Å². The van der Waals surface area contributed by atoms with Crippen LogP contribution in [0.25, 0.3) is 11.1 Å². The van der Waals surface area contributed by atoms with E-state index in [4.69, 9.17) is 0 Å². The Morgan fingerprint density at radius 1 is 0.826 bits per heavy atom. The minimum atomic E-state index is -1.82. The molecule has 6 nitrogen and oxygen atoms in total. The molecule has 6 heteroatoms. The van der Waals surface area contributed by atoms with Crippen molar-refractivity contribution in [3.63, 3.8) is 0 Å². The molecule has 2 amide bonds. The molecule has 0 spiro atoms. The largest absolute Gasteiger partial charge is 0.380 e. The molecule has 4 rings (SSSR count). The van der Waals surface area contributed by atoms with E-state index in [1.54, 1.807) is 12.1 Å². The van der Waals surface area contributed by atoms with Crippen molar-refractivity contribution in [3.8, 4) is 11.1 Å². The van der Waals surface area contributed by atoms with Crippen LogP contribution in [0.2, 0.25) is 0 Å². The molecule has 0 saturated carbocycles. The van der Waals surface area contributed by atoms with Crippen LogP contribution >= 0.6 is 0 Å². The van der Waals surface area contributed by atoms with Crippen LogP contribution in [-0.4, -0.2) is 34.2 Å². The van der Waals surface area contributed by atoms with Gasteiger partial charge in [-0.2, -0.15) is 0 Å². The second-order valence-electron chi connectivity index (χ2n) is 5.67. The van der Waals surface area contributed by atoms with Crippen molar-refractivity contribution in [1.82, 2.24) is 5.32 Å². The average molecular weight is 310 g/mol. The van der Waals surface area contributed by atoms with Gasteiger partial charge in [0.05, 0.1) is 6.04 Å². The summed E-state index contributed by atoms with van der Waals surface area (Å²) in [6.45, 7) is 0. The number of benzene rings is 2. The van der Waals surface area contributed by atoms with Gasteiger partial charge in [0, 0.05) is 11.3 Å². The molecule has 0 aromatic heterocycles. The van der Waals surface area contributed by atoms with Crippen LogP contribution < -0.4 is 10.6 Å². The van der Waals surface area contributed by atoms with Crippen molar-refractivity contribution >= 4 is 17.5 Å². The third-order valence-corrected chi connectivity index (χ3v) is 4.34. The van der Waals surface area contributed by atoms with Crippen molar-refractivity contribution in [2.24, 2.45) is 0 Å². The van der Waals surface area contributed by atoms with Gasteiger partial charge in [0.15, 0.2) is 12.2 Å². The predicted molar refractivity (Wildman–Crippen MR) is 82.5 cm³/mol. The number of carbonyl (C=O) groups is 2. The lowest BCUT2D eigenvalue weighted by Gasteiger charge is -2.18. The summed E-state index contributed by atoms with van der Waals surface area (Å²) >= 11 is 0. The Balaban J connectivity index is 1.95. The van der Waals surface area contributed by atoms with Gasteiger partial charge in [-0.3, -0.25) is 9.59 Å². The zero-order valence-corrected chi connectivity index (χ0v) is 12.0. The van der Waals surface area contributed by atoms with Crippen LogP contribution in [0.1, 0.15) is 17.2 Å². The third-order valence-electron chi connectivity index (χ3n) is 4.34. The molecule has 1 aliphatic heterocycles. The monoisotopic (exact) mass is 310 g/mol. The van der Waals surface area contributed by atoms with Crippen molar-refractivity contribution in [2.75, 3.05) is 5.32 Å². The topological polar surface area (TPSA) is 98.7 Å². The molecule has 2 aliphatic rings. The van der Waals surface area contributed by atoms with Gasteiger partial charge in [0.2, 0.25) is 0 Å². The fourth-order valence-corrected chi connectivity index (χ4v) is 3.24. The van der Waals surface area contributed by atoms with Gasteiger partial charge < -0.3 is 20.8 Å². The van der Waals surface area contributed by atoms with E-state index < -0.39 is 30.1 Å². The molecule has 2 aromatic carbocycles. The second-order valence-corrected chi connectivity index (χ2v) is 5.67. The van der Waals surface area contributed by atoms with Crippen molar-refractivity contribution in [3.05, 3.63) is 53.6 Å². The average Bonchev–Trinajstić information content (AvgIpc) is 2.89. The first-order valence-electron chi connectivity index (χ1n) is 7.27. The molecule has 3 unspecified atom stereocenters. The number of rotatable bonds is 0. The Morgan fingerprint density at radius 2 is 1.52 bits per heavy atom. The number of nitrogens with one attached hydrogen (secondary N) is 2. The molecule has 0 bridgehead atoms. The van der Waals surface area contributed by atoms with Gasteiger partial charge in [0.25, 0.3) is 11.8 Å². The van der Waals surface area contributed by atoms with E-state index in [2.05, 4.69) is 10.6 Å². The van der Waals surface area contributed by atoms with Crippen LogP contribution in [0.5, 0.6) is 0 Å². The molecule has 1 aliphatic carbocycles. The molecule has 0 fully saturated rings. The number of carbonyl (C=O) groups excluding carboxylic acids is 2. The number of fused-ring (bicyclic) bond motifs is 3. The summed E-state index contributed by atoms with van der Waals surface area (Å²) in [5, 5.41) is 25.0. The minimum Gasteiger partial charge on any atom is -0.380 e. The van der Waals surface area contributed by atoms with E-state index in [1.165, 1.54) is 0 Å². The smallest absolute Gasteiger partial charge is 0.256 e. The van der Waals surface area contributed by atoms with Gasteiger partial charge in [-0.25, -0.2) is 0 Å². The van der Waals surface area contributed by atoms with E-state index in [1.807, 2.05) is 30.3 Å². The first-order valence-corrected chi connectivity index (χ1v) is 7.27. The molecule has 3 atom stereocenters. The molecule has 0 saturated heterocycles. The van der Waals surface area contributed by atoms with Gasteiger partial charge in [-0.1, -0.05) is 36.4 Å². The number of hydrogen-bond donors (Lipinski definition) is 4. The minimum absolute atomic E-state index is 0.481. The Hall–Kier alpha value is -2.70. The first-order chi connectivity index (χ1) is 11.1. The van der Waals surface area contributed by atoms with Gasteiger partial charge in [-0.05, 0) is 22.8 Å². The highest BCUT2D eigenvalue weighted by molar-refractivity contribution is 6.02. The van der Waals surface area contributed by atoms with E-state index in [0.717, 1.165) is 22.3 Å². The maximum absolute atomic E-state index is 12.2. The Labute approximate surface area is 131 Å². The summed E-state index contributed by atoms with van der Waals surface area (Å²) in [6, 6.07) is 12.6. The van der Waals surface area contributed by atoms with Crippen molar-refractivity contribution in [1.29, 1.82) is 0 Å². The summed E-state index contributed by atoms with van der Waals surface area (Å²) < 4.78 is 0. The van der Waals surface area contributed by atoms with Gasteiger partial charge >= 0.3 is 0 Å². The fourth-order valence-electron chi connectivity index (χ4n) is 3.24. The second kappa shape index (κ2) is 4.91. The number of aliphatic hydroxyl groups is 2. The van der Waals surface area contributed by atoms with Crippen molar-refractivity contribution < 1.29 is 19.8 Å². The lowest BCUT2D eigenvalue weighted by Crippen LogP contribution is -2.47. The summed E-state index contributed by atoms with van der Waals surface area (Å²) in [7, 11) is 0. The third kappa shape index (κ3) is 1.96. The number of hydrogen-bond acceptors (Lipinski definition) is 4. The zero-order valence-electron chi connectivity index (χ0n) is 12.0. The molecule has 116 valence electrons. The fraction of sp³-hybridized carbons (Fsp3) is 0.176. The van der Waals surface area contributed by atoms with Crippen LogP contribution in [0.4, 0.5) is 5.69 Å². The maximum atomic E-state index is 12.2. The lowest BCUT2D eigenvalue weighted by atomic mass is 10.0. The molecule has 4 N–H and O–H groups in total. The highest BCUT2D eigenvalue weighted by atomic mass is 16.3. The quantitative estimate of drug-likeness (QED) is 0.571. The zero-order chi connectivity index (χ0) is 16.1. The highest BCUT2D eigenvalue weighted by Gasteiger charge is 2.38. The van der Waals surface area contributed by atoms with Crippen LogP contribution in [0, 0.1) is 0 Å². The predicted octanol–water partition coefficient (Wildman–Crippen LogP) is 0.546. The summed E-state index contributed by atoms with van der Waals surface area (Å²) in [6.07, 6.45) is -3.64. The van der Waals surface area contributed by atoms with E-state index in [0.29, 0.717) is 5.69 Å². The molecule has 1 heterocycles. The molecular formula is C17H14N2O4. The first kappa shape index (κ1) is 13.9. The van der Waals surface area contributed by atoms with Crippen LogP contribution in [-0.2, 0) is 9.59 Å². The lowest BCUT2D eigenvalue weighted by molar-refractivity contribution is -0.143. The number of anilines is 1. The van der Waals surface area contributed by atoms with Gasteiger partial charge in [0.1, 0.15) is 0 Å². The molecule has 0 radical (unpaired) electrons. The van der Waals surface area contributed by atoms with Crippen molar-refractivity contribution in [2.45, 2.75) is 18.2 Å². The number of amides is 2. The molecular weight excluding hydrogens is 296 g/mol. The maximum Gasteiger partial charge on any atom is 0.256 e. The summed E-state index contributed by atoms with van der Waals surface area (Å²) in [5.41, 5.74) is 4.05. The Bertz CT molecular complexity index is 833. The SMILES string of the molecule is O=C1Nc2cccc3c2C(NC(=O)C(O)C1O)c1ccccc1-3. The Morgan fingerprint density at radius 3 is 2.35 bits per heavy atom. The van der Waals surface area contributed by atoms with E-state index in [9.17, 15) is 19.8 Å². The van der Waals surface area contributed by atoms with E-state index in [-0.39, 0.29) is 0 Å². The summed E-state index contributed by atoms with van der Waals surface area (Å²) in [5.74, 6) is -1.59. The van der Waals surface area contributed by atoms with Crippen LogP contribution in [0.15, 0.2) is 42.5 Å². The van der Waals surface area contributed by atoms with E-state index >= 15 is 0 Å². The Kier molecular flexibility index (Phi) is 2.97. The standard InChI is InChI=1S/C17H14N2O4/c20-14-15(21)17(23)19-13-10-5-2-1-4-8(10)9-6-3-7-11(12(9)13)18-16(14)22/h1-7,13-15,20-21H,(H,18,22)(H,19,23).